The van der Waals surface area contributed by atoms with E-state index in [0.29, 0.717) is 11.3 Å². The molecule has 0 spiro atoms. The van der Waals surface area contributed by atoms with Gasteiger partial charge in [0.05, 0.1) is 7.11 Å². The van der Waals surface area contributed by atoms with Gasteiger partial charge < -0.3 is 19.7 Å². The molecule has 1 N–H and O–H groups in total. The molecule has 1 atom stereocenters. The Hall–Kier alpha value is -2.24. The van der Waals surface area contributed by atoms with Crippen molar-refractivity contribution in [3.63, 3.8) is 0 Å². The van der Waals surface area contributed by atoms with Crippen LogP contribution >= 0.6 is 0 Å². The van der Waals surface area contributed by atoms with Gasteiger partial charge in [-0.15, -0.1) is 0 Å². The molecule has 0 bridgehead atoms. The summed E-state index contributed by atoms with van der Waals surface area (Å²) in [6.45, 7) is 5.51. The molecule has 0 heterocycles. The minimum atomic E-state index is -0.997. The monoisotopic (exact) mass is 308 g/mol. The zero-order valence-electron chi connectivity index (χ0n) is 14.0. The van der Waals surface area contributed by atoms with Gasteiger partial charge in [0.2, 0.25) is 6.10 Å². The largest absolute Gasteiger partial charge is 0.497 e. The molecule has 0 aliphatic rings. The van der Waals surface area contributed by atoms with Crippen LogP contribution < -0.4 is 10.1 Å². The van der Waals surface area contributed by atoms with Crippen molar-refractivity contribution in [3.8, 4) is 5.75 Å². The third kappa shape index (κ3) is 5.27. The number of nitrogens with one attached hydrogen (secondary N) is 1. The first-order chi connectivity index (χ1) is 10.1. The Morgan fingerprint density at radius 3 is 2.09 bits per heavy atom. The molecule has 0 saturated carbocycles. The maximum Gasteiger partial charge on any atom is 0.408 e. The van der Waals surface area contributed by atoms with Crippen molar-refractivity contribution in [2.45, 2.75) is 32.4 Å². The lowest BCUT2D eigenvalue weighted by Crippen LogP contribution is -2.43. The van der Waals surface area contributed by atoms with Crippen molar-refractivity contribution in [3.05, 3.63) is 29.8 Å². The van der Waals surface area contributed by atoms with E-state index in [0.717, 1.165) is 0 Å². The maximum absolute atomic E-state index is 12.3. The highest BCUT2D eigenvalue weighted by molar-refractivity contribution is 5.84. The van der Waals surface area contributed by atoms with Crippen molar-refractivity contribution in [1.29, 1.82) is 0 Å². The van der Waals surface area contributed by atoms with Gasteiger partial charge in [0.15, 0.2) is 0 Å². The van der Waals surface area contributed by atoms with Crippen molar-refractivity contribution in [2.24, 2.45) is 0 Å². The van der Waals surface area contributed by atoms with Gasteiger partial charge >= 0.3 is 6.09 Å². The second kappa shape index (κ2) is 7.15. The molecular weight excluding hydrogens is 284 g/mol. The van der Waals surface area contributed by atoms with Crippen LogP contribution in [0.25, 0.3) is 0 Å². The molecule has 22 heavy (non-hydrogen) atoms. The summed E-state index contributed by atoms with van der Waals surface area (Å²) in [6, 6.07) is 6.84. The minimum absolute atomic E-state index is 0.311. The molecule has 1 unspecified atom stereocenters. The van der Waals surface area contributed by atoms with Crippen LogP contribution in [0.3, 0.4) is 0 Å². The third-order valence-electron chi connectivity index (χ3n) is 2.79. The second-order valence-electron chi connectivity index (χ2n) is 6.17. The second-order valence-corrected chi connectivity index (χ2v) is 6.17. The number of carbonyl (C=O) groups is 2. The molecule has 1 aromatic carbocycles. The number of amides is 2. The number of alkyl carbamates (subject to hydrolysis) is 1. The van der Waals surface area contributed by atoms with Crippen LogP contribution in [-0.2, 0) is 9.53 Å². The van der Waals surface area contributed by atoms with E-state index in [-0.39, 0.29) is 5.91 Å². The summed E-state index contributed by atoms with van der Waals surface area (Å²) in [5.74, 6) is 0.355. The van der Waals surface area contributed by atoms with Gasteiger partial charge in [0, 0.05) is 25.2 Å². The molecule has 0 fully saturated rings. The molecule has 1 rings (SSSR count). The van der Waals surface area contributed by atoms with Gasteiger partial charge in [-0.1, -0.05) is 12.1 Å². The zero-order valence-corrected chi connectivity index (χ0v) is 14.0. The van der Waals surface area contributed by atoms with Gasteiger partial charge in [-0.25, -0.2) is 4.79 Å². The highest BCUT2D eigenvalue weighted by Gasteiger charge is 2.28. The smallest absolute Gasteiger partial charge is 0.408 e. The van der Waals surface area contributed by atoms with E-state index in [9.17, 15) is 9.59 Å². The average molecular weight is 308 g/mol. The normalized spacial score (nSPS) is 12.3. The molecule has 6 heteroatoms. The highest BCUT2D eigenvalue weighted by atomic mass is 16.6. The highest BCUT2D eigenvalue weighted by Crippen LogP contribution is 2.23. The Morgan fingerprint density at radius 2 is 1.68 bits per heavy atom. The molecule has 0 aliphatic carbocycles. The summed E-state index contributed by atoms with van der Waals surface area (Å²) in [7, 11) is 4.79. The van der Waals surface area contributed by atoms with Crippen molar-refractivity contribution >= 4 is 12.0 Å². The number of hydrogen-bond donors (Lipinski definition) is 1. The fourth-order valence-corrected chi connectivity index (χ4v) is 1.72. The number of likely N-dealkylation sites (N-methyl/N-ethyl adjacent to an activating group) is 1. The molecule has 2 amide bonds. The number of ether oxygens (including phenoxy) is 2. The topological polar surface area (TPSA) is 67.9 Å². The Labute approximate surface area is 131 Å². The number of rotatable bonds is 4. The van der Waals surface area contributed by atoms with Gasteiger partial charge in [0.1, 0.15) is 5.75 Å². The van der Waals surface area contributed by atoms with Crippen molar-refractivity contribution < 1.29 is 19.1 Å². The quantitative estimate of drug-likeness (QED) is 0.927. The van der Waals surface area contributed by atoms with E-state index in [2.05, 4.69) is 5.32 Å². The van der Waals surface area contributed by atoms with E-state index < -0.39 is 17.7 Å². The Balaban J connectivity index is 2.97. The Bertz CT molecular complexity index is 518. The van der Waals surface area contributed by atoms with E-state index >= 15 is 0 Å². The zero-order chi connectivity index (χ0) is 16.9. The molecule has 122 valence electrons. The predicted octanol–water partition coefficient (Wildman–Crippen LogP) is 2.35. The predicted molar refractivity (Wildman–Crippen MR) is 83.8 cm³/mol. The summed E-state index contributed by atoms with van der Waals surface area (Å²) in [4.78, 5) is 25.6. The van der Waals surface area contributed by atoms with Gasteiger partial charge in [0.25, 0.3) is 5.91 Å². The third-order valence-corrected chi connectivity index (χ3v) is 2.79. The number of hydrogen-bond acceptors (Lipinski definition) is 4. The van der Waals surface area contributed by atoms with Gasteiger partial charge in [-0.3, -0.25) is 4.79 Å². The number of nitrogens with zero attached hydrogens (tertiary/aromatic N) is 1. The van der Waals surface area contributed by atoms with Crippen LogP contribution in [0.15, 0.2) is 24.3 Å². The summed E-state index contributed by atoms with van der Waals surface area (Å²) in [5.41, 5.74) is 0.145. The maximum atomic E-state index is 12.3. The van der Waals surface area contributed by atoms with Crippen LogP contribution in [0.5, 0.6) is 5.75 Å². The van der Waals surface area contributed by atoms with Gasteiger partial charge in [-0.05, 0) is 32.9 Å². The lowest BCUT2D eigenvalue weighted by atomic mass is 10.1. The summed E-state index contributed by atoms with van der Waals surface area (Å²) in [5, 5.41) is 2.68. The van der Waals surface area contributed by atoms with Crippen molar-refractivity contribution in [2.75, 3.05) is 21.2 Å². The SMILES string of the molecule is COc1ccc(C(OC(=O)NC(C)(C)C)C(=O)N(C)C)cc1. The van der Waals surface area contributed by atoms with E-state index in [4.69, 9.17) is 9.47 Å². The summed E-state index contributed by atoms with van der Waals surface area (Å²) in [6.07, 6.45) is -1.63. The lowest BCUT2D eigenvalue weighted by molar-refractivity contribution is -0.138. The van der Waals surface area contributed by atoms with Crippen molar-refractivity contribution in [1.82, 2.24) is 10.2 Å². The van der Waals surface area contributed by atoms with Crippen LogP contribution in [0.4, 0.5) is 4.79 Å². The Kier molecular flexibility index (Phi) is 5.79. The fraction of sp³-hybridized carbons (Fsp3) is 0.500. The molecule has 0 saturated heterocycles. The lowest BCUT2D eigenvalue weighted by Gasteiger charge is -2.25. The molecule has 6 nitrogen and oxygen atoms in total. The van der Waals surface area contributed by atoms with E-state index in [1.807, 2.05) is 20.8 Å². The molecule has 0 aromatic heterocycles. The first-order valence-electron chi connectivity index (χ1n) is 6.98. The van der Waals surface area contributed by atoms with Crippen LogP contribution in [0.1, 0.15) is 32.4 Å². The number of carbonyl (C=O) groups excluding carboxylic acids is 2. The standard InChI is InChI=1S/C16H24N2O4/c1-16(2,3)17-15(20)22-13(14(19)18(4)5)11-7-9-12(21-6)10-8-11/h7-10,13H,1-6H3,(H,17,20). The summed E-state index contributed by atoms with van der Waals surface area (Å²) >= 11 is 0. The fourth-order valence-electron chi connectivity index (χ4n) is 1.72. The summed E-state index contributed by atoms with van der Waals surface area (Å²) < 4.78 is 10.4. The van der Waals surface area contributed by atoms with Crippen LogP contribution in [0, 0.1) is 0 Å². The molecule has 0 radical (unpaired) electrons. The van der Waals surface area contributed by atoms with Gasteiger partial charge in [-0.2, -0.15) is 0 Å². The molecular formula is C16H24N2O4. The first-order valence-corrected chi connectivity index (χ1v) is 6.98. The first kappa shape index (κ1) is 17.8. The molecule has 0 aliphatic heterocycles. The van der Waals surface area contributed by atoms with Crippen LogP contribution in [0.2, 0.25) is 0 Å². The molecule has 1 aromatic rings. The minimum Gasteiger partial charge on any atom is -0.497 e. The number of benzene rings is 1. The van der Waals surface area contributed by atoms with E-state index in [1.165, 1.54) is 4.90 Å². The Morgan fingerprint density at radius 1 is 1.14 bits per heavy atom. The average Bonchev–Trinajstić information content (AvgIpc) is 2.42. The number of methoxy groups -OCH3 is 1. The van der Waals surface area contributed by atoms with Crippen LogP contribution in [-0.4, -0.2) is 43.6 Å². The van der Waals surface area contributed by atoms with E-state index in [1.54, 1.807) is 45.5 Å².